The minimum absolute atomic E-state index is 0.0917. The first kappa shape index (κ1) is 18.1. The fraction of sp³-hybridized carbons (Fsp3) is 0.429. The van der Waals surface area contributed by atoms with Crippen LogP contribution in [0.4, 0.5) is 11.4 Å². The van der Waals surface area contributed by atoms with Gasteiger partial charge >= 0.3 is 0 Å². The molecule has 2 aliphatic rings. The normalized spacial score (nSPS) is 20.6. The van der Waals surface area contributed by atoms with Crippen molar-refractivity contribution >= 4 is 28.9 Å². The molecule has 5 nitrogen and oxygen atoms in total. The van der Waals surface area contributed by atoms with Crippen molar-refractivity contribution in [1.29, 1.82) is 0 Å². The molecular weight excluding hydrogens is 360 g/mol. The summed E-state index contributed by atoms with van der Waals surface area (Å²) in [5, 5.41) is 0.753. The van der Waals surface area contributed by atoms with E-state index in [2.05, 4.69) is 14.8 Å². The van der Waals surface area contributed by atoms with Gasteiger partial charge in [0.2, 0.25) is 5.91 Å². The Kier molecular flexibility index (Phi) is 5.48. The summed E-state index contributed by atoms with van der Waals surface area (Å²) >= 11 is 5.98. The molecule has 0 saturated carbocycles. The van der Waals surface area contributed by atoms with E-state index < -0.39 is 0 Å². The summed E-state index contributed by atoms with van der Waals surface area (Å²) in [5.41, 5.74) is 2.34. The zero-order valence-corrected chi connectivity index (χ0v) is 16.2. The van der Waals surface area contributed by atoms with Gasteiger partial charge < -0.3 is 14.7 Å². The molecule has 0 spiro atoms. The topological polar surface area (TPSA) is 39.7 Å². The van der Waals surface area contributed by atoms with Crippen molar-refractivity contribution in [2.45, 2.75) is 12.8 Å². The summed E-state index contributed by atoms with van der Waals surface area (Å²) in [6, 6.07) is 12.0. The quantitative estimate of drug-likeness (QED) is 0.814. The molecule has 1 aromatic heterocycles. The van der Waals surface area contributed by atoms with E-state index in [1.165, 1.54) is 5.69 Å². The number of rotatable bonds is 3. The largest absolute Gasteiger partial charge is 0.371 e. The Labute approximate surface area is 165 Å². The lowest BCUT2D eigenvalue weighted by molar-refractivity contribution is -0.136. The zero-order valence-electron chi connectivity index (χ0n) is 15.4. The highest BCUT2D eigenvalue weighted by molar-refractivity contribution is 6.30. The van der Waals surface area contributed by atoms with Crippen molar-refractivity contribution in [2.75, 3.05) is 49.1 Å². The first-order valence-electron chi connectivity index (χ1n) is 9.65. The van der Waals surface area contributed by atoms with Crippen molar-refractivity contribution in [1.82, 2.24) is 9.88 Å². The molecule has 2 fully saturated rings. The van der Waals surface area contributed by atoms with E-state index in [-0.39, 0.29) is 5.92 Å². The average molecular weight is 385 g/mol. The minimum Gasteiger partial charge on any atom is -0.371 e. The fourth-order valence-corrected chi connectivity index (χ4v) is 4.19. The molecule has 2 saturated heterocycles. The van der Waals surface area contributed by atoms with Crippen LogP contribution in [0, 0.1) is 5.92 Å². The molecular formula is C21H25ClN4O. The van der Waals surface area contributed by atoms with Crippen LogP contribution in [-0.2, 0) is 4.79 Å². The molecule has 6 heteroatoms. The van der Waals surface area contributed by atoms with E-state index in [1.54, 1.807) is 0 Å². The molecule has 0 N–H and O–H groups in total. The molecule has 0 radical (unpaired) electrons. The van der Waals surface area contributed by atoms with Crippen molar-refractivity contribution in [3.8, 4) is 0 Å². The Hall–Kier alpha value is -2.27. The molecule has 0 bridgehead atoms. The van der Waals surface area contributed by atoms with Gasteiger partial charge in [0, 0.05) is 68.1 Å². The number of piperazine rings is 1. The number of aromatic nitrogens is 1. The van der Waals surface area contributed by atoms with Gasteiger partial charge in [-0.25, -0.2) is 0 Å². The molecule has 1 unspecified atom stereocenters. The maximum absolute atomic E-state index is 13.1. The van der Waals surface area contributed by atoms with Gasteiger partial charge in [-0.05, 0) is 49.2 Å². The predicted molar refractivity (Wildman–Crippen MR) is 109 cm³/mol. The van der Waals surface area contributed by atoms with Crippen LogP contribution in [0.3, 0.4) is 0 Å². The van der Waals surface area contributed by atoms with Gasteiger partial charge in [-0.1, -0.05) is 11.6 Å². The molecule has 27 heavy (non-hydrogen) atoms. The van der Waals surface area contributed by atoms with Crippen molar-refractivity contribution < 1.29 is 4.79 Å². The number of nitrogens with zero attached hydrogens (tertiary/aromatic N) is 4. The number of hydrogen-bond acceptors (Lipinski definition) is 4. The first-order chi connectivity index (χ1) is 13.2. The summed E-state index contributed by atoms with van der Waals surface area (Å²) < 4.78 is 0. The van der Waals surface area contributed by atoms with Crippen LogP contribution in [-0.4, -0.2) is 55.1 Å². The smallest absolute Gasteiger partial charge is 0.227 e. The Balaban J connectivity index is 1.34. The summed E-state index contributed by atoms with van der Waals surface area (Å²) in [5.74, 6) is 0.401. The summed E-state index contributed by atoms with van der Waals surface area (Å²) in [6.07, 6.45) is 5.68. The third-order valence-electron chi connectivity index (χ3n) is 5.58. The second-order valence-corrected chi connectivity index (χ2v) is 7.72. The Bertz CT molecular complexity index is 760. The summed E-state index contributed by atoms with van der Waals surface area (Å²) in [6.45, 7) is 5.13. The summed E-state index contributed by atoms with van der Waals surface area (Å²) in [4.78, 5) is 23.8. The fourth-order valence-electron chi connectivity index (χ4n) is 4.06. The second-order valence-electron chi connectivity index (χ2n) is 7.28. The highest BCUT2D eigenvalue weighted by Gasteiger charge is 2.31. The molecule has 142 valence electrons. The van der Waals surface area contributed by atoms with Gasteiger partial charge in [0.1, 0.15) is 0 Å². The van der Waals surface area contributed by atoms with E-state index in [0.717, 1.165) is 62.8 Å². The molecule has 4 rings (SSSR count). The molecule has 3 heterocycles. The number of piperidine rings is 1. The number of pyridine rings is 1. The van der Waals surface area contributed by atoms with E-state index >= 15 is 0 Å². The molecule has 1 aromatic carbocycles. The van der Waals surface area contributed by atoms with Crippen molar-refractivity contribution in [2.24, 2.45) is 5.92 Å². The van der Waals surface area contributed by atoms with Crippen molar-refractivity contribution in [3.63, 3.8) is 0 Å². The standard InChI is InChI=1S/C21H25ClN4O/c22-18-3-5-19(6-4-18)24-12-14-25(15-13-24)21(27)17-2-1-11-26(16-17)20-7-9-23-10-8-20/h3-10,17H,1-2,11-16H2. The molecule has 1 amide bonds. The van der Waals surface area contributed by atoms with Gasteiger partial charge in [0.25, 0.3) is 0 Å². The molecule has 2 aliphatic heterocycles. The number of carbonyl (C=O) groups is 1. The van der Waals surface area contributed by atoms with E-state index in [9.17, 15) is 4.79 Å². The van der Waals surface area contributed by atoms with E-state index in [0.29, 0.717) is 5.91 Å². The molecule has 0 aliphatic carbocycles. The predicted octanol–water partition coefficient (Wildman–Crippen LogP) is 3.30. The zero-order chi connectivity index (χ0) is 18.6. The maximum Gasteiger partial charge on any atom is 0.227 e. The second kappa shape index (κ2) is 8.17. The van der Waals surface area contributed by atoms with Crippen LogP contribution in [0.25, 0.3) is 0 Å². The lowest BCUT2D eigenvalue weighted by atomic mass is 9.95. The molecule has 2 aromatic rings. The van der Waals surface area contributed by atoms with Crippen LogP contribution in [0.2, 0.25) is 5.02 Å². The first-order valence-corrected chi connectivity index (χ1v) is 10.0. The number of halogens is 1. The third kappa shape index (κ3) is 4.19. The lowest BCUT2D eigenvalue weighted by Gasteiger charge is -2.40. The van der Waals surface area contributed by atoms with Crippen molar-refractivity contribution in [3.05, 3.63) is 53.8 Å². The molecule has 1 atom stereocenters. The number of hydrogen-bond donors (Lipinski definition) is 0. The highest BCUT2D eigenvalue weighted by atomic mass is 35.5. The number of benzene rings is 1. The summed E-state index contributed by atoms with van der Waals surface area (Å²) in [7, 11) is 0. The van der Waals surface area contributed by atoms with Crippen LogP contribution in [0.5, 0.6) is 0 Å². The van der Waals surface area contributed by atoms with Gasteiger partial charge in [-0.2, -0.15) is 0 Å². The van der Waals surface area contributed by atoms with Crippen LogP contribution >= 0.6 is 11.6 Å². The van der Waals surface area contributed by atoms with Gasteiger partial charge in [-0.15, -0.1) is 0 Å². The van der Waals surface area contributed by atoms with E-state index in [1.807, 2.05) is 53.7 Å². The number of anilines is 2. The minimum atomic E-state index is 0.0917. The van der Waals surface area contributed by atoms with Gasteiger partial charge in [0.05, 0.1) is 5.92 Å². The van der Waals surface area contributed by atoms with Crippen LogP contribution in [0.15, 0.2) is 48.8 Å². The maximum atomic E-state index is 13.1. The van der Waals surface area contributed by atoms with Gasteiger partial charge in [0.15, 0.2) is 0 Å². The number of amides is 1. The third-order valence-corrected chi connectivity index (χ3v) is 5.83. The van der Waals surface area contributed by atoms with Gasteiger partial charge in [-0.3, -0.25) is 9.78 Å². The highest BCUT2D eigenvalue weighted by Crippen LogP contribution is 2.25. The lowest BCUT2D eigenvalue weighted by Crippen LogP contribution is -2.52. The Morgan fingerprint density at radius 1 is 0.889 bits per heavy atom. The van der Waals surface area contributed by atoms with E-state index in [4.69, 9.17) is 11.6 Å². The monoisotopic (exact) mass is 384 g/mol. The Morgan fingerprint density at radius 3 is 2.26 bits per heavy atom. The van der Waals surface area contributed by atoms with Crippen LogP contribution in [0.1, 0.15) is 12.8 Å². The SMILES string of the molecule is O=C(C1CCCN(c2ccncc2)C1)N1CCN(c2ccc(Cl)cc2)CC1. The Morgan fingerprint density at radius 2 is 1.56 bits per heavy atom. The average Bonchev–Trinajstić information content (AvgIpc) is 2.75. The van der Waals surface area contributed by atoms with Crippen LogP contribution < -0.4 is 9.80 Å². The number of carbonyl (C=O) groups excluding carboxylic acids is 1.